The van der Waals surface area contributed by atoms with E-state index >= 15 is 0 Å². The van der Waals surface area contributed by atoms with Gasteiger partial charge in [0.05, 0.1) is 56.9 Å². The molecule has 0 aliphatic heterocycles. The number of halogens is 2. The van der Waals surface area contributed by atoms with Crippen LogP contribution >= 0.6 is 31.9 Å². The molecule has 0 aromatic heterocycles. The highest BCUT2D eigenvalue weighted by molar-refractivity contribution is 9.10. The molecule has 0 aliphatic carbocycles. The predicted molar refractivity (Wildman–Crippen MR) is 328 cm³/mol. The lowest BCUT2D eigenvalue weighted by molar-refractivity contribution is -0.162. The molecule has 3 unspecified atom stereocenters. The molecule has 0 aromatic carbocycles. The molecule has 0 saturated heterocycles. The van der Waals surface area contributed by atoms with Crippen LogP contribution in [0.4, 0.5) is 0 Å². The van der Waals surface area contributed by atoms with Crippen molar-refractivity contribution in [2.75, 3.05) is 40.6 Å². The quantitative estimate of drug-likeness (QED) is 0.0187. The summed E-state index contributed by atoms with van der Waals surface area (Å²) in [7, 11) is 2.63. The molecule has 0 aliphatic rings. The van der Waals surface area contributed by atoms with Crippen LogP contribution in [0.25, 0.3) is 0 Å². The zero-order valence-electron chi connectivity index (χ0n) is 52.1. The van der Waals surface area contributed by atoms with Crippen molar-refractivity contribution in [1.82, 2.24) is 0 Å². The fourth-order valence-corrected chi connectivity index (χ4v) is 11.3. The molecular weight excluding hydrogens is 1120 g/mol. The molecule has 0 N–H and O–H groups in total. The molecule has 0 fully saturated rings. The molecule has 0 amide bonds. The Morgan fingerprint density at radius 1 is 0.423 bits per heavy atom. The van der Waals surface area contributed by atoms with Crippen LogP contribution in [-0.2, 0) is 57.2 Å². The summed E-state index contributed by atoms with van der Waals surface area (Å²) in [6.45, 7) is 23.3. The smallest absolute Gasteiger partial charge is 0.330 e. The van der Waals surface area contributed by atoms with Gasteiger partial charge >= 0.3 is 35.8 Å². The van der Waals surface area contributed by atoms with Crippen LogP contribution in [0.3, 0.4) is 0 Å². The van der Waals surface area contributed by atoms with Crippen LogP contribution in [0.15, 0.2) is 12.7 Å². The molecule has 78 heavy (non-hydrogen) atoms. The fourth-order valence-electron chi connectivity index (χ4n) is 9.64. The van der Waals surface area contributed by atoms with Gasteiger partial charge in [0.2, 0.25) is 0 Å². The first kappa shape index (κ1) is 79.7. The largest absolute Gasteiger partial charge is 0.469 e. The Morgan fingerprint density at radius 2 is 0.718 bits per heavy atom. The first-order valence-corrected chi connectivity index (χ1v) is 32.5. The minimum atomic E-state index is -1.05. The van der Waals surface area contributed by atoms with E-state index in [1.54, 1.807) is 55.4 Å². The summed E-state index contributed by atoms with van der Waals surface area (Å²) in [5.74, 6) is -2.24. The highest BCUT2D eigenvalue weighted by Crippen LogP contribution is 2.41. The molecule has 12 nitrogen and oxygen atoms in total. The Bertz CT molecular complexity index is 1530. The summed E-state index contributed by atoms with van der Waals surface area (Å²) < 4.78 is 29.3. The van der Waals surface area contributed by atoms with Gasteiger partial charge < -0.3 is 28.4 Å². The summed E-state index contributed by atoms with van der Waals surface area (Å²) in [4.78, 5) is 70.9. The van der Waals surface area contributed by atoms with Crippen molar-refractivity contribution in [1.29, 1.82) is 0 Å². The zero-order valence-corrected chi connectivity index (χ0v) is 55.3. The molecule has 0 aromatic rings. The SMILES string of the molecule is C=CC(=O)OCCCCCCCCCCCCCCCCCC.CCCCCCCCCCCCCCCCCCOC(=O)C(Br)CC(C)(CC(C)(C)C(=O)OCC)C(=O)OC.CCOC(=O)C(C)(C)CC(C)(Br)C(=O)OC. The third-order valence-corrected chi connectivity index (χ3v) is 15.4. The van der Waals surface area contributed by atoms with E-state index in [-0.39, 0.29) is 43.3 Å². The van der Waals surface area contributed by atoms with Gasteiger partial charge in [0, 0.05) is 6.08 Å². The summed E-state index contributed by atoms with van der Waals surface area (Å²) in [6, 6.07) is 0. The van der Waals surface area contributed by atoms with Crippen LogP contribution in [-0.4, -0.2) is 85.6 Å². The van der Waals surface area contributed by atoms with E-state index < -0.39 is 37.3 Å². The second kappa shape index (κ2) is 51.4. The van der Waals surface area contributed by atoms with Crippen LogP contribution in [0.2, 0.25) is 0 Å². The number of rotatable bonds is 48. The van der Waals surface area contributed by atoms with Crippen molar-refractivity contribution in [2.45, 2.75) is 303 Å². The number of hydrogen-bond donors (Lipinski definition) is 0. The molecule has 0 bridgehead atoms. The third-order valence-electron chi connectivity index (χ3n) is 14.1. The zero-order chi connectivity index (χ0) is 59.6. The minimum Gasteiger partial charge on any atom is -0.469 e. The topological polar surface area (TPSA) is 158 Å². The molecule has 0 heterocycles. The first-order valence-electron chi connectivity index (χ1n) is 30.8. The van der Waals surface area contributed by atoms with Gasteiger partial charge in [-0.2, -0.15) is 0 Å². The van der Waals surface area contributed by atoms with Gasteiger partial charge in [-0.1, -0.05) is 245 Å². The molecule has 0 spiro atoms. The number of alkyl halides is 2. The van der Waals surface area contributed by atoms with Gasteiger partial charge in [0.15, 0.2) is 0 Å². The molecule has 0 rings (SSSR count). The van der Waals surface area contributed by atoms with E-state index in [4.69, 9.17) is 23.7 Å². The summed E-state index contributed by atoms with van der Waals surface area (Å²) >= 11 is 6.68. The van der Waals surface area contributed by atoms with Crippen molar-refractivity contribution < 1.29 is 57.2 Å². The van der Waals surface area contributed by atoms with Gasteiger partial charge in [-0.25, -0.2) is 4.79 Å². The monoisotopic (exact) mass is 1240 g/mol. The third kappa shape index (κ3) is 45.2. The van der Waals surface area contributed by atoms with Crippen LogP contribution < -0.4 is 0 Å². The highest BCUT2D eigenvalue weighted by atomic mass is 79.9. The van der Waals surface area contributed by atoms with Gasteiger partial charge in [0.1, 0.15) is 9.15 Å². The number of unbranched alkanes of at least 4 members (excludes halogenated alkanes) is 30. The van der Waals surface area contributed by atoms with Crippen molar-refractivity contribution >= 4 is 67.7 Å². The second-order valence-electron chi connectivity index (χ2n) is 23.1. The highest BCUT2D eigenvalue weighted by Gasteiger charge is 2.46. The first-order chi connectivity index (χ1) is 37.0. The van der Waals surface area contributed by atoms with E-state index in [1.165, 1.54) is 200 Å². The standard InChI is InChI=1S/C32H59BrO6.C21H40O2.C11H19BrO4/c1-7-9-10-11-12-13-14-15-16-17-18-19-20-21-22-23-24-39-28(34)27(33)25-32(5,30(36)37-6)26-31(3,4)29(35)38-8-2;1-3-5-6-7-8-9-10-11-12-13-14-15-16-17-18-19-20-23-21(22)4-2;1-6-16-8(13)10(2,3)7-11(4,12)9(14)15-5/h27H,7-26H2,1-6H3;4H,2-3,5-20H2,1H3;6-7H2,1-5H3. The van der Waals surface area contributed by atoms with Gasteiger partial charge in [-0.3, -0.25) is 24.0 Å². The Balaban J connectivity index is -0.00000121. The minimum absolute atomic E-state index is 0.167. The number of ether oxygens (including phenoxy) is 6. The Hall–Kier alpha value is -2.48. The van der Waals surface area contributed by atoms with Gasteiger partial charge in [-0.15, -0.1) is 0 Å². The summed E-state index contributed by atoms with van der Waals surface area (Å²) in [6.07, 6.45) is 44.4. The molecule has 0 radical (unpaired) electrons. The lowest BCUT2D eigenvalue weighted by Gasteiger charge is -2.34. The maximum Gasteiger partial charge on any atom is 0.330 e. The van der Waals surface area contributed by atoms with E-state index in [1.807, 2.05) is 0 Å². The van der Waals surface area contributed by atoms with Crippen LogP contribution in [0.1, 0.15) is 294 Å². The normalized spacial score (nSPS) is 13.2. The van der Waals surface area contributed by atoms with Gasteiger partial charge in [0.25, 0.3) is 0 Å². The molecule has 0 saturated carbocycles. The summed E-state index contributed by atoms with van der Waals surface area (Å²) in [5, 5.41) is 0. The number of carbonyl (C=O) groups excluding carboxylic acids is 6. The fraction of sp³-hybridized carbons (Fsp3) is 0.875. The number of hydrogen-bond acceptors (Lipinski definition) is 12. The predicted octanol–water partition coefficient (Wildman–Crippen LogP) is 18.4. The van der Waals surface area contributed by atoms with Crippen LogP contribution in [0.5, 0.6) is 0 Å². The number of methoxy groups -OCH3 is 2. The Labute approximate surface area is 494 Å². The Morgan fingerprint density at radius 3 is 1.01 bits per heavy atom. The molecule has 3 atom stereocenters. The van der Waals surface area contributed by atoms with Crippen molar-refractivity contribution in [3.05, 3.63) is 12.7 Å². The summed E-state index contributed by atoms with van der Waals surface area (Å²) in [5.41, 5.74) is -2.68. The Kier molecular flexibility index (Phi) is 52.6. The van der Waals surface area contributed by atoms with E-state index in [2.05, 4.69) is 57.0 Å². The number of esters is 6. The van der Waals surface area contributed by atoms with E-state index in [0.29, 0.717) is 26.2 Å². The molecular formula is C64H118Br2O12. The maximum atomic E-state index is 12.6. The molecule has 14 heteroatoms. The lowest BCUT2D eigenvalue weighted by atomic mass is 9.71. The van der Waals surface area contributed by atoms with Gasteiger partial charge in [-0.05, 0) is 87.5 Å². The van der Waals surface area contributed by atoms with Crippen molar-refractivity contribution in [3.8, 4) is 0 Å². The second-order valence-corrected chi connectivity index (χ2v) is 26.0. The number of carbonyl (C=O) groups is 6. The van der Waals surface area contributed by atoms with E-state index in [0.717, 1.165) is 25.7 Å². The van der Waals surface area contributed by atoms with Crippen LogP contribution in [0, 0.1) is 16.2 Å². The average Bonchev–Trinajstić information content (AvgIpc) is 3.39. The van der Waals surface area contributed by atoms with Crippen molar-refractivity contribution in [3.63, 3.8) is 0 Å². The average molecular weight is 1240 g/mol. The maximum absolute atomic E-state index is 12.6. The molecule has 460 valence electrons. The van der Waals surface area contributed by atoms with E-state index in [9.17, 15) is 28.8 Å². The lowest BCUT2D eigenvalue weighted by Crippen LogP contribution is -2.41. The van der Waals surface area contributed by atoms with Crippen molar-refractivity contribution in [2.24, 2.45) is 16.2 Å².